The Morgan fingerprint density at radius 1 is 0.517 bits per heavy atom. The highest BCUT2D eigenvalue weighted by Crippen LogP contribution is 2.11. The van der Waals surface area contributed by atoms with Crippen molar-refractivity contribution < 1.29 is 38.2 Å². The van der Waals surface area contributed by atoms with Crippen LogP contribution < -0.4 is 0 Å². The van der Waals surface area contributed by atoms with Crippen LogP contribution in [0.3, 0.4) is 0 Å². The third-order valence-corrected chi connectivity index (χ3v) is 8.92. The number of carbonyl (C=O) groups is 3. The average molecular weight is 807 g/mol. The lowest BCUT2D eigenvalue weighted by molar-refractivity contribution is -0.887. The standard InChI is InChI=1S/C50H79NO7/c1-6-8-10-12-14-16-18-20-22-24-26-28-30-32-34-36-38-40-48(52)57-45-46(44-56-43-42-47(50(54)55)51(3,4)5)58-49(53)41-39-37-35-33-31-29-27-25-23-21-19-17-15-13-11-9-7-2/h8-11,14-17,20-23,26-29,33,35,46-47H,6-7,12-13,18-19,24-25,30-32,34,36-45H2,1-5H3/p+1/b10-8-,11-9-,16-14-,17-15-,22-20-,23-21-,28-26-,29-27-,35-33-. The minimum absolute atomic E-state index is 0.0224. The number of unbranched alkanes of at least 4 members (excludes halogenated alkanes) is 5. The molecular weight excluding hydrogens is 727 g/mol. The molecule has 0 aromatic carbocycles. The van der Waals surface area contributed by atoms with Gasteiger partial charge in [-0.3, -0.25) is 9.59 Å². The Morgan fingerprint density at radius 3 is 1.38 bits per heavy atom. The Bertz CT molecular complexity index is 1310. The summed E-state index contributed by atoms with van der Waals surface area (Å²) in [5, 5.41) is 9.62. The van der Waals surface area contributed by atoms with Crippen LogP contribution in [0.15, 0.2) is 109 Å². The molecule has 1 N–H and O–H groups in total. The van der Waals surface area contributed by atoms with E-state index in [9.17, 15) is 19.5 Å². The molecule has 0 aromatic rings. The van der Waals surface area contributed by atoms with Crippen molar-refractivity contribution in [2.45, 2.75) is 148 Å². The van der Waals surface area contributed by atoms with Gasteiger partial charge in [0.15, 0.2) is 12.1 Å². The van der Waals surface area contributed by atoms with Crippen molar-refractivity contribution in [2.24, 2.45) is 0 Å². The summed E-state index contributed by atoms with van der Waals surface area (Å²) in [7, 11) is 5.48. The summed E-state index contributed by atoms with van der Waals surface area (Å²) in [5.74, 6) is -1.59. The summed E-state index contributed by atoms with van der Waals surface area (Å²) >= 11 is 0. The van der Waals surface area contributed by atoms with Crippen molar-refractivity contribution in [2.75, 3.05) is 41.0 Å². The molecule has 0 radical (unpaired) electrons. The maximum atomic E-state index is 12.7. The minimum atomic E-state index is -0.893. The number of carboxylic acid groups (broad SMARTS) is 1. The topological polar surface area (TPSA) is 99.1 Å². The maximum Gasteiger partial charge on any atom is 0.362 e. The van der Waals surface area contributed by atoms with Crippen molar-refractivity contribution in [3.05, 3.63) is 109 Å². The van der Waals surface area contributed by atoms with Gasteiger partial charge in [0.25, 0.3) is 0 Å². The normalized spacial score (nSPS) is 14.0. The molecule has 8 nitrogen and oxygen atoms in total. The molecule has 0 saturated carbocycles. The number of ether oxygens (including phenoxy) is 3. The fourth-order valence-electron chi connectivity index (χ4n) is 5.59. The zero-order valence-electron chi connectivity index (χ0n) is 36.9. The molecule has 0 aliphatic rings. The second-order valence-electron chi connectivity index (χ2n) is 15.2. The molecular formula is C50H80NO7+. The SMILES string of the molecule is CC/C=C\C/C=C\C/C=C\C/C=C\C/C=C\CCCC(=O)OC(COCCC(C(=O)O)[N+](C)(C)C)COC(=O)CCCCCC/C=C\C/C=C\C/C=C\C/C=C\CC. The van der Waals surface area contributed by atoms with Gasteiger partial charge in [0.1, 0.15) is 6.61 Å². The Kier molecular flexibility index (Phi) is 37.0. The molecule has 58 heavy (non-hydrogen) atoms. The van der Waals surface area contributed by atoms with E-state index in [1.807, 2.05) is 21.1 Å². The Morgan fingerprint density at radius 2 is 0.931 bits per heavy atom. The average Bonchev–Trinajstić information content (AvgIpc) is 3.18. The van der Waals surface area contributed by atoms with E-state index in [0.717, 1.165) is 96.3 Å². The molecule has 0 aromatic heterocycles. The highest BCUT2D eigenvalue weighted by Gasteiger charge is 2.31. The summed E-state index contributed by atoms with van der Waals surface area (Å²) in [6, 6.07) is -0.635. The molecule has 0 aliphatic heterocycles. The predicted molar refractivity (Wildman–Crippen MR) is 242 cm³/mol. The van der Waals surface area contributed by atoms with E-state index in [-0.39, 0.29) is 42.7 Å². The molecule has 8 heteroatoms. The minimum Gasteiger partial charge on any atom is -0.477 e. The molecule has 0 saturated heterocycles. The van der Waals surface area contributed by atoms with E-state index < -0.39 is 18.1 Å². The molecule has 0 amide bonds. The van der Waals surface area contributed by atoms with Crippen molar-refractivity contribution in [3.8, 4) is 0 Å². The second kappa shape index (κ2) is 39.8. The second-order valence-corrected chi connectivity index (χ2v) is 15.2. The van der Waals surface area contributed by atoms with Crippen LogP contribution in [0.25, 0.3) is 0 Å². The zero-order chi connectivity index (χ0) is 42.8. The quantitative estimate of drug-likeness (QED) is 0.0289. The van der Waals surface area contributed by atoms with Gasteiger partial charge in [-0.1, -0.05) is 136 Å². The fraction of sp³-hybridized carbons (Fsp3) is 0.580. The summed E-state index contributed by atoms with van der Waals surface area (Å²) in [6.45, 7) is 4.39. The van der Waals surface area contributed by atoms with Crippen LogP contribution in [-0.2, 0) is 28.6 Å². The lowest BCUT2D eigenvalue weighted by Gasteiger charge is -2.31. The summed E-state index contributed by atoms with van der Waals surface area (Å²) in [5.41, 5.74) is 0. The molecule has 0 heterocycles. The lowest BCUT2D eigenvalue weighted by atomic mass is 10.1. The van der Waals surface area contributed by atoms with Crippen molar-refractivity contribution in [3.63, 3.8) is 0 Å². The first-order chi connectivity index (χ1) is 28.1. The van der Waals surface area contributed by atoms with Crippen molar-refractivity contribution in [1.82, 2.24) is 0 Å². The third kappa shape index (κ3) is 37.6. The Labute approximate surface area is 353 Å². The van der Waals surface area contributed by atoms with Gasteiger partial charge in [0.05, 0.1) is 34.4 Å². The van der Waals surface area contributed by atoms with Gasteiger partial charge in [-0.15, -0.1) is 0 Å². The summed E-state index contributed by atoms with van der Waals surface area (Å²) < 4.78 is 17.2. The van der Waals surface area contributed by atoms with Gasteiger partial charge in [-0.2, -0.15) is 0 Å². The van der Waals surface area contributed by atoms with E-state index >= 15 is 0 Å². The third-order valence-electron chi connectivity index (χ3n) is 8.92. The summed E-state index contributed by atoms with van der Waals surface area (Å²) in [4.78, 5) is 37.0. The number of aliphatic carboxylic acids is 1. The molecule has 0 spiro atoms. The van der Waals surface area contributed by atoms with E-state index in [1.165, 1.54) is 0 Å². The van der Waals surface area contributed by atoms with Crippen molar-refractivity contribution >= 4 is 17.9 Å². The monoisotopic (exact) mass is 807 g/mol. The number of nitrogens with zero attached hydrogens (tertiary/aromatic N) is 1. The van der Waals surface area contributed by atoms with E-state index in [1.54, 1.807) is 0 Å². The first-order valence-electron chi connectivity index (χ1n) is 21.9. The van der Waals surface area contributed by atoms with Crippen LogP contribution in [0.5, 0.6) is 0 Å². The summed E-state index contributed by atoms with van der Waals surface area (Å²) in [6.07, 6.45) is 54.3. The van der Waals surface area contributed by atoms with Crippen LogP contribution in [-0.4, -0.2) is 80.6 Å². The van der Waals surface area contributed by atoms with Crippen molar-refractivity contribution in [1.29, 1.82) is 0 Å². The van der Waals surface area contributed by atoms with Gasteiger partial charge in [-0.05, 0) is 89.9 Å². The number of rotatable bonds is 37. The van der Waals surface area contributed by atoms with Crippen LogP contribution in [0, 0.1) is 0 Å². The highest BCUT2D eigenvalue weighted by atomic mass is 16.6. The Balaban J connectivity index is 4.52. The van der Waals surface area contributed by atoms with Crippen LogP contribution in [0.4, 0.5) is 0 Å². The number of hydrogen-bond acceptors (Lipinski definition) is 6. The number of quaternary nitrogens is 1. The van der Waals surface area contributed by atoms with E-state index in [4.69, 9.17) is 14.2 Å². The van der Waals surface area contributed by atoms with Gasteiger partial charge in [0.2, 0.25) is 0 Å². The molecule has 0 rings (SSSR count). The molecule has 0 fully saturated rings. The molecule has 0 bridgehead atoms. The molecule has 2 unspecified atom stereocenters. The zero-order valence-corrected chi connectivity index (χ0v) is 36.9. The van der Waals surface area contributed by atoms with Crippen LogP contribution in [0.2, 0.25) is 0 Å². The van der Waals surface area contributed by atoms with Crippen LogP contribution in [0.1, 0.15) is 136 Å². The number of hydrogen-bond donors (Lipinski definition) is 1. The van der Waals surface area contributed by atoms with Gasteiger partial charge < -0.3 is 23.8 Å². The number of allylic oxidation sites excluding steroid dienone is 18. The predicted octanol–water partition coefficient (Wildman–Crippen LogP) is 12.1. The Hall–Kier alpha value is -4.01. The van der Waals surface area contributed by atoms with Gasteiger partial charge >= 0.3 is 17.9 Å². The largest absolute Gasteiger partial charge is 0.477 e. The van der Waals surface area contributed by atoms with Crippen LogP contribution >= 0.6 is 0 Å². The number of likely N-dealkylation sites (N-methyl/N-ethyl adjacent to an activating group) is 1. The molecule has 326 valence electrons. The van der Waals surface area contributed by atoms with E-state index in [2.05, 4.69) is 123 Å². The van der Waals surface area contributed by atoms with E-state index in [0.29, 0.717) is 19.3 Å². The molecule has 2 atom stereocenters. The molecule has 0 aliphatic carbocycles. The van der Waals surface area contributed by atoms with Gasteiger partial charge in [-0.25, -0.2) is 4.79 Å². The van der Waals surface area contributed by atoms with Gasteiger partial charge in [0, 0.05) is 19.3 Å². The smallest absolute Gasteiger partial charge is 0.362 e. The lowest BCUT2D eigenvalue weighted by Crippen LogP contribution is -2.50. The highest BCUT2D eigenvalue weighted by molar-refractivity contribution is 5.72. The number of carbonyl (C=O) groups excluding carboxylic acids is 2. The first kappa shape index (κ1) is 54.0. The maximum absolute atomic E-state index is 12.7. The number of carboxylic acids is 1. The fourth-order valence-corrected chi connectivity index (χ4v) is 5.59. The number of esters is 2. The first-order valence-corrected chi connectivity index (χ1v) is 21.9.